The summed E-state index contributed by atoms with van der Waals surface area (Å²) in [6, 6.07) is 0.220. The molecule has 0 radical (unpaired) electrons. The summed E-state index contributed by atoms with van der Waals surface area (Å²) in [5, 5.41) is 1.62. The molecule has 2 aliphatic rings. The van der Waals surface area contributed by atoms with Crippen molar-refractivity contribution in [3.63, 3.8) is 0 Å². The van der Waals surface area contributed by atoms with Crippen molar-refractivity contribution in [1.29, 1.82) is 0 Å². The van der Waals surface area contributed by atoms with E-state index in [0.29, 0.717) is 26.2 Å². The van der Waals surface area contributed by atoms with E-state index in [4.69, 9.17) is 16.3 Å². The Labute approximate surface area is 114 Å². The van der Waals surface area contributed by atoms with Crippen LogP contribution in [0.1, 0.15) is 32.1 Å². The molecule has 2 aliphatic heterocycles. The van der Waals surface area contributed by atoms with Crippen molar-refractivity contribution in [2.45, 2.75) is 38.1 Å². The standard InChI is InChI=1S/C13H24N4O2/c14-8-12-10-19-9-11-4-3-6-16(11)13(18)5-1-2-7-17(12)15/h8,11H,1-7,9-10,14-15H2/b12-8-. The molecule has 2 fully saturated rings. The third kappa shape index (κ3) is 3.61. The maximum Gasteiger partial charge on any atom is 0.222 e. The van der Waals surface area contributed by atoms with Crippen LogP contribution in [0.3, 0.4) is 0 Å². The van der Waals surface area contributed by atoms with Gasteiger partial charge in [-0.2, -0.15) is 0 Å². The molecule has 1 amide bonds. The van der Waals surface area contributed by atoms with Crippen molar-refractivity contribution in [2.75, 3.05) is 26.3 Å². The fourth-order valence-electron chi connectivity index (χ4n) is 2.71. The number of nitrogens with two attached hydrogens (primary N) is 2. The lowest BCUT2D eigenvalue weighted by Crippen LogP contribution is -2.40. The van der Waals surface area contributed by atoms with Gasteiger partial charge < -0.3 is 20.4 Å². The van der Waals surface area contributed by atoms with Crippen molar-refractivity contribution >= 4 is 5.91 Å². The summed E-state index contributed by atoms with van der Waals surface area (Å²) in [6.45, 7) is 2.54. The number of carbonyl (C=O) groups excluding carboxylic acids is 1. The Hall–Kier alpha value is -1.27. The molecule has 6 heteroatoms. The highest BCUT2D eigenvalue weighted by molar-refractivity contribution is 5.76. The number of nitrogens with zero attached hydrogens (tertiary/aromatic N) is 2. The lowest BCUT2D eigenvalue weighted by atomic mass is 10.2. The molecule has 2 rings (SSSR count). The zero-order valence-corrected chi connectivity index (χ0v) is 11.4. The Morgan fingerprint density at radius 3 is 2.89 bits per heavy atom. The van der Waals surface area contributed by atoms with Gasteiger partial charge in [0.25, 0.3) is 0 Å². The summed E-state index contributed by atoms with van der Waals surface area (Å²) >= 11 is 0. The Morgan fingerprint density at radius 2 is 2.11 bits per heavy atom. The van der Waals surface area contributed by atoms with Gasteiger partial charge in [0.05, 0.1) is 25.0 Å². The van der Waals surface area contributed by atoms with Crippen LogP contribution in [0, 0.1) is 0 Å². The van der Waals surface area contributed by atoms with Crippen molar-refractivity contribution < 1.29 is 9.53 Å². The van der Waals surface area contributed by atoms with Crippen molar-refractivity contribution in [2.24, 2.45) is 11.6 Å². The van der Waals surface area contributed by atoms with Crippen LogP contribution in [-0.4, -0.2) is 48.2 Å². The highest BCUT2D eigenvalue weighted by atomic mass is 16.5. The van der Waals surface area contributed by atoms with E-state index in [0.717, 1.165) is 37.9 Å². The zero-order chi connectivity index (χ0) is 13.7. The van der Waals surface area contributed by atoms with Crippen LogP contribution in [-0.2, 0) is 9.53 Å². The second-order valence-electron chi connectivity index (χ2n) is 5.21. The number of rotatable bonds is 0. The average Bonchev–Trinajstić information content (AvgIpc) is 2.86. The lowest BCUT2D eigenvalue weighted by molar-refractivity contribution is -0.133. The molecule has 0 bridgehead atoms. The Bertz CT molecular complexity index is 346. The van der Waals surface area contributed by atoms with Gasteiger partial charge in [-0.05, 0) is 25.7 Å². The van der Waals surface area contributed by atoms with E-state index < -0.39 is 0 Å². The van der Waals surface area contributed by atoms with Gasteiger partial charge in [0, 0.05) is 25.7 Å². The molecular weight excluding hydrogens is 244 g/mol. The number of hydrogen-bond donors (Lipinski definition) is 2. The van der Waals surface area contributed by atoms with Gasteiger partial charge in [-0.1, -0.05) is 0 Å². The van der Waals surface area contributed by atoms with Gasteiger partial charge in [0.2, 0.25) is 5.91 Å². The molecule has 0 aromatic carbocycles. The topological polar surface area (TPSA) is 84.8 Å². The minimum Gasteiger partial charge on any atom is -0.403 e. The number of hydrazine groups is 1. The van der Waals surface area contributed by atoms with Crippen molar-refractivity contribution in [1.82, 2.24) is 9.91 Å². The van der Waals surface area contributed by atoms with E-state index in [-0.39, 0.29) is 11.9 Å². The predicted octanol–water partition coefficient (Wildman–Crippen LogP) is 0.154. The monoisotopic (exact) mass is 268 g/mol. The van der Waals surface area contributed by atoms with Crippen LogP contribution < -0.4 is 11.6 Å². The Kier molecular flexibility index (Phi) is 5.04. The first-order chi connectivity index (χ1) is 9.22. The van der Waals surface area contributed by atoms with E-state index in [2.05, 4.69) is 0 Å². The first kappa shape index (κ1) is 14.1. The van der Waals surface area contributed by atoms with Crippen LogP contribution in [0.15, 0.2) is 11.9 Å². The van der Waals surface area contributed by atoms with Crippen LogP contribution in [0.5, 0.6) is 0 Å². The molecule has 0 aromatic heterocycles. The number of fused-ring (bicyclic) bond motifs is 1. The maximum atomic E-state index is 12.1. The van der Waals surface area contributed by atoms with Crippen LogP contribution in [0.4, 0.5) is 0 Å². The first-order valence-corrected chi connectivity index (χ1v) is 7.02. The van der Waals surface area contributed by atoms with E-state index in [1.807, 2.05) is 4.90 Å². The molecule has 108 valence electrons. The zero-order valence-electron chi connectivity index (χ0n) is 11.4. The summed E-state index contributed by atoms with van der Waals surface area (Å²) in [5.74, 6) is 6.18. The van der Waals surface area contributed by atoms with Gasteiger partial charge in [-0.15, -0.1) is 0 Å². The minimum atomic E-state index is 0.220. The number of amides is 1. The number of carbonyl (C=O) groups is 1. The van der Waals surface area contributed by atoms with Crippen molar-refractivity contribution in [3.8, 4) is 0 Å². The minimum absolute atomic E-state index is 0.220. The highest BCUT2D eigenvalue weighted by Gasteiger charge is 2.28. The van der Waals surface area contributed by atoms with Crippen molar-refractivity contribution in [3.05, 3.63) is 11.9 Å². The largest absolute Gasteiger partial charge is 0.403 e. The molecule has 1 atom stereocenters. The number of ether oxygens (including phenoxy) is 1. The van der Waals surface area contributed by atoms with Gasteiger partial charge >= 0.3 is 0 Å². The molecule has 2 heterocycles. The Morgan fingerprint density at radius 1 is 1.26 bits per heavy atom. The van der Waals surface area contributed by atoms with E-state index in [9.17, 15) is 4.79 Å². The van der Waals surface area contributed by atoms with Crippen LogP contribution in [0.25, 0.3) is 0 Å². The fourth-order valence-corrected chi connectivity index (χ4v) is 2.71. The third-order valence-corrected chi connectivity index (χ3v) is 3.86. The van der Waals surface area contributed by atoms with Gasteiger partial charge in [-0.3, -0.25) is 4.79 Å². The molecule has 0 aromatic rings. The fraction of sp³-hybridized carbons (Fsp3) is 0.769. The SMILES string of the molecule is N/C=C1/COCC2CCCN2C(=O)CCCCN1N. The second-order valence-corrected chi connectivity index (χ2v) is 5.21. The van der Waals surface area contributed by atoms with Gasteiger partial charge in [-0.25, -0.2) is 5.84 Å². The molecule has 6 nitrogen and oxygen atoms in total. The molecule has 19 heavy (non-hydrogen) atoms. The quantitative estimate of drug-likeness (QED) is 0.611. The average molecular weight is 268 g/mol. The highest BCUT2D eigenvalue weighted by Crippen LogP contribution is 2.20. The number of hydrogen-bond acceptors (Lipinski definition) is 5. The lowest BCUT2D eigenvalue weighted by Gasteiger charge is -2.27. The molecule has 2 saturated heterocycles. The first-order valence-electron chi connectivity index (χ1n) is 7.02. The Balaban J connectivity index is 1.99. The van der Waals surface area contributed by atoms with E-state index in [1.54, 1.807) is 5.01 Å². The maximum absolute atomic E-state index is 12.1. The molecule has 0 aliphatic carbocycles. The van der Waals surface area contributed by atoms with E-state index in [1.165, 1.54) is 6.20 Å². The molecular formula is C13H24N4O2. The smallest absolute Gasteiger partial charge is 0.222 e. The molecule has 4 N–H and O–H groups in total. The molecule has 0 spiro atoms. The summed E-state index contributed by atoms with van der Waals surface area (Å²) < 4.78 is 5.68. The second kappa shape index (κ2) is 6.77. The van der Waals surface area contributed by atoms with Crippen LogP contribution in [0.2, 0.25) is 0 Å². The normalized spacial score (nSPS) is 29.0. The summed E-state index contributed by atoms with van der Waals surface area (Å²) in [5.41, 5.74) is 6.38. The molecule has 1 unspecified atom stereocenters. The summed E-state index contributed by atoms with van der Waals surface area (Å²) in [7, 11) is 0. The third-order valence-electron chi connectivity index (χ3n) is 3.86. The predicted molar refractivity (Wildman–Crippen MR) is 72.6 cm³/mol. The summed E-state index contributed by atoms with van der Waals surface area (Å²) in [6.07, 6.45) is 5.96. The van der Waals surface area contributed by atoms with Gasteiger partial charge in [0.1, 0.15) is 0 Å². The van der Waals surface area contributed by atoms with Gasteiger partial charge in [0.15, 0.2) is 0 Å². The summed E-state index contributed by atoms with van der Waals surface area (Å²) in [4.78, 5) is 14.1. The van der Waals surface area contributed by atoms with Crippen LogP contribution >= 0.6 is 0 Å². The van der Waals surface area contributed by atoms with E-state index >= 15 is 0 Å². The molecule has 0 saturated carbocycles.